The van der Waals surface area contributed by atoms with Crippen molar-refractivity contribution in [2.24, 2.45) is 0 Å². The van der Waals surface area contributed by atoms with E-state index in [1.165, 1.54) is 10.5 Å². The Labute approximate surface area is 161 Å². The van der Waals surface area contributed by atoms with Crippen molar-refractivity contribution >= 4 is 23.6 Å². The number of carbonyl (C=O) groups is 2. The number of likely N-dealkylation sites (tertiary alicyclic amines) is 1. The molecular weight excluding hydrogens is 368 g/mol. The number of amides is 1. The second kappa shape index (κ2) is 8.53. The zero-order chi connectivity index (χ0) is 19.4. The van der Waals surface area contributed by atoms with Gasteiger partial charge >= 0.3 is 0 Å². The lowest BCUT2D eigenvalue weighted by Gasteiger charge is -2.11. The van der Waals surface area contributed by atoms with E-state index in [1.807, 2.05) is 38.2 Å². The van der Waals surface area contributed by atoms with Gasteiger partial charge in [0, 0.05) is 17.7 Å². The van der Waals surface area contributed by atoms with Gasteiger partial charge in [-0.25, -0.2) is 0 Å². The topological polar surface area (TPSA) is 113 Å². The summed E-state index contributed by atoms with van der Waals surface area (Å²) < 4.78 is 5.48. The Hall–Kier alpha value is -2.39. The first-order valence-electron chi connectivity index (χ1n) is 8.72. The molecule has 27 heavy (non-hydrogen) atoms. The predicted molar refractivity (Wildman–Crippen MR) is 97.8 cm³/mol. The molecule has 2 aromatic rings. The third-order valence-corrected chi connectivity index (χ3v) is 5.46. The van der Waals surface area contributed by atoms with Gasteiger partial charge in [-0.3, -0.25) is 4.79 Å². The van der Waals surface area contributed by atoms with E-state index in [9.17, 15) is 14.7 Å². The Balaban J connectivity index is 1.57. The SMILES string of the molecule is Cc1ccc(-c2noc([C@@H]3C[C@H](NC(=O)CSCC(=O)[O-])C[NH+]3C)n2)cc1. The van der Waals surface area contributed by atoms with Crippen molar-refractivity contribution in [1.29, 1.82) is 0 Å². The summed E-state index contributed by atoms with van der Waals surface area (Å²) in [6, 6.07) is 7.92. The molecule has 0 spiro atoms. The fourth-order valence-corrected chi connectivity index (χ4v) is 3.75. The van der Waals surface area contributed by atoms with E-state index in [2.05, 4.69) is 15.5 Å². The van der Waals surface area contributed by atoms with Crippen molar-refractivity contribution in [3.05, 3.63) is 35.7 Å². The number of likely N-dealkylation sites (N-methyl/N-ethyl adjacent to an activating group) is 1. The zero-order valence-electron chi connectivity index (χ0n) is 15.2. The minimum atomic E-state index is -1.17. The molecule has 1 aromatic heterocycles. The van der Waals surface area contributed by atoms with Crippen LogP contribution in [0, 0.1) is 6.92 Å². The van der Waals surface area contributed by atoms with Gasteiger partial charge < -0.3 is 24.6 Å². The van der Waals surface area contributed by atoms with Crippen LogP contribution in [-0.2, 0) is 9.59 Å². The Kier molecular flexibility index (Phi) is 6.12. The van der Waals surface area contributed by atoms with Gasteiger partial charge in [-0.15, -0.1) is 11.8 Å². The van der Waals surface area contributed by atoms with Crippen molar-refractivity contribution in [2.75, 3.05) is 25.1 Å². The minimum absolute atomic E-state index is 0.0119. The molecule has 1 fully saturated rings. The summed E-state index contributed by atoms with van der Waals surface area (Å²) >= 11 is 1.03. The minimum Gasteiger partial charge on any atom is -0.549 e. The first-order chi connectivity index (χ1) is 12.9. The monoisotopic (exact) mass is 390 g/mol. The normalized spacial score (nSPS) is 21.9. The van der Waals surface area contributed by atoms with Crippen LogP contribution in [0.3, 0.4) is 0 Å². The number of aliphatic carboxylic acids is 1. The van der Waals surface area contributed by atoms with E-state index in [-0.39, 0.29) is 29.5 Å². The molecule has 1 aliphatic heterocycles. The highest BCUT2D eigenvalue weighted by Crippen LogP contribution is 2.22. The van der Waals surface area contributed by atoms with Crippen molar-refractivity contribution < 1.29 is 24.1 Å². The summed E-state index contributed by atoms with van der Waals surface area (Å²) in [4.78, 5) is 28.1. The van der Waals surface area contributed by atoms with E-state index in [1.54, 1.807) is 0 Å². The molecule has 0 saturated carbocycles. The van der Waals surface area contributed by atoms with Crippen molar-refractivity contribution in [2.45, 2.75) is 25.4 Å². The van der Waals surface area contributed by atoms with Crippen LogP contribution < -0.4 is 15.3 Å². The smallest absolute Gasteiger partial charge is 0.285 e. The van der Waals surface area contributed by atoms with Crippen LogP contribution in [0.5, 0.6) is 0 Å². The summed E-state index contributed by atoms with van der Waals surface area (Å²) in [6.07, 6.45) is 0.693. The highest BCUT2D eigenvalue weighted by molar-refractivity contribution is 8.00. The number of carboxylic acid groups (broad SMARTS) is 1. The van der Waals surface area contributed by atoms with Crippen LogP contribution >= 0.6 is 11.8 Å². The lowest BCUT2D eigenvalue weighted by molar-refractivity contribution is -0.900. The second-order valence-corrected chi connectivity index (χ2v) is 7.78. The van der Waals surface area contributed by atoms with Crippen LogP contribution in [-0.4, -0.2) is 53.2 Å². The molecule has 0 radical (unpaired) electrons. The van der Waals surface area contributed by atoms with Crippen molar-refractivity contribution in [3.63, 3.8) is 0 Å². The lowest BCUT2D eigenvalue weighted by Crippen LogP contribution is -3.07. The molecular formula is C18H22N4O4S. The summed E-state index contributed by atoms with van der Waals surface area (Å²) in [7, 11) is 2.03. The van der Waals surface area contributed by atoms with E-state index in [0.717, 1.165) is 23.9 Å². The molecule has 1 amide bonds. The molecule has 2 heterocycles. The van der Waals surface area contributed by atoms with Crippen LogP contribution in [0.1, 0.15) is 23.9 Å². The van der Waals surface area contributed by atoms with Crippen molar-refractivity contribution in [3.8, 4) is 11.4 Å². The van der Waals surface area contributed by atoms with Gasteiger partial charge in [0.05, 0.1) is 31.4 Å². The molecule has 1 aliphatic rings. The summed E-state index contributed by atoms with van der Waals surface area (Å²) in [5, 5.41) is 17.4. The number of hydrogen-bond acceptors (Lipinski definition) is 7. The van der Waals surface area contributed by atoms with E-state index in [0.29, 0.717) is 18.1 Å². The molecule has 8 nitrogen and oxygen atoms in total. The van der Waals surface area contributed by atoms with Gasteiger partial charge in [-0.1, -0.05) is 35.0 Å². The average molecular weight is 390 g/mol. The first-order valence-corrected chi connectivity index (χ1v) is 9.87. The number of carboxylic acids is 1. The second-order valence-electron chi connectivity index (χ2n) is 6.79. The summed E-state index contributed by atoms with van der Waals surface area (Å²) in [6.45, 7) is 2.76. The Morgan fingerprint density at radius 3 is 2.78 bits per heavy atom. The predicted octanol–water partition coefficient (Wildman–Crippen LogP) is -1.03. The highest BCUT2D eigenvalue weighted by Gasteiger charge is 2.39. The maximum atomic E-state index is 11.9. The van der Waals surface area contributed by atoms with Gasteiger partial charge in [0.25, 0.3) is 5.89 Å². The number of quaternary nitrogens is 1. The van der Waals surface area contributed by atoms with Gasteiger partial charge in [-0.05, 0) is 6.92 Å². The number of thioether (sulfide) groups is 1. The third-order valence-electron chi connectivity index (χ3n) is 4.55. The molecule has 0 bridgehead atoms. The van der Waals surface area contributed by atoms with Crippen molar-refractivity contribution in [1.82, 2.24) is 15.5 Å². The molecule has 144 valence electrons. The molecule has 0 aliphatic carbocycles. The van der Waals surface area contributed by atoms with E-state index >= 15 is 0 Å². The summed E-state index contributed by atoms with van der Waals surface area (Å²) in [5.41, 5.74) is 2.07. The molecule has 3 atom stereocenters. The van der Waals surface area contributed by atoms with E-state index < -0.39 is 5.97 Å². The number of nitrogens with one attached hydrogen (secondary N) is 2. The number of rotatable bonds is 7. The largest absolute Gasteiger partial charge is 0.549 e. The van der Waals surface area contributed by atoms with E-state index in [4.69, 9.17) is 4.52 Å². The Morgan fingerprint density at radius 2 is 2.07 bits per heavy atom. The van der Waals surface area contributed by atoms with Crippen LogP contribution in [0.4, 0.5) is 0 Å². The highest BCUT2D eigenvalue weighted by atomic mass is 32.2. The number of aromatic nitrogens is 2. The Morgan fingerprint density at radius 1 is 1.33 bits per heavy atom. The molecule has 1 saturated heterocycles. The number of benzene rings is 1. The lowest BCUT2D eigenvalue weighted by atomic mass is 10.1. The standard InChI is InChI=1S/C18H22N4O4S/c1-11-3-5-12(6-4-11)17-20-18(26-21-17)14-7-13(8-22(14)2)19-15(23)9-27-10-16(24)25/h3-6,13-14H,7-10H2,1-2H3,(H,19,23)(H,24,25)/t13-,14-/m0/s1. The quantitative estimate of drug-likeness (QED) is 0.622. The molecule has 1 aromatic carbocycles. The fourth-order valence-electron chi connectivity index (χ4n) is 3.21. The Bertz CT molecular complexity index is 808. The van der Waals surface area contributed by atoms with Gasteiger partial charge in [0.15, 0.2) is 6.04 Å². The van der Waals surface area contributed by atoms with Gasteiger partial charge in [0.2, 0.25) is 11.7 Å². The zero-order valence-corrected chi connectivity index (χ0v) is 16.0. The van der Waals surface area contributed by atoms with Crippen LogP contribution in [0.15, 0.2) is 28.8 Å². The fraction of sp³-hybridized carbons (Fsp3) is 0.444. The number of nitrogens with zero attached hydrogens (tertiary/aromatic N) is 2. The maximum Gasteiger partial charge on any atom is 0.285 e. The van der Waals surface area contributed by atoms with Gasteiger partial charge in [-0.2, -0.15) is 4.98 Å². The number of aryl methyl sites for hydroxylation is 1. The number of hydrogen-bond donors (Lipinski definition) is 2. The van der Waals surface area contributed by atoms with Gasteiger partial charge in [0.1, 0.15) is 0 Å². The number of carbonyl (C=O) groups excluding carboxylic acids is 2. The van der Waals surface area contributed by atoms with Crippen LogP contribution in [0.25, 0.3) is 11.4 Å². The maximum absolute atomic E-state index is 11.9. The average Bonchev–Trinajstić information content (AvgIpc) is 3.22. The third kappa shape index (κ3) is 5.08. The summed E-state index contributed by atoms with van der Waals surface area (Å²) in [5.74, 6) is -0.304. The molecule has 2 N–H and O–H groups in total. The molecule has 3 rings (SSSR count). The van der Waals surface area contributed by atoms with Crippen LogP contribution in [0.2, 0.25) is 0 Å². The first kappa shape index (κ1) is 19.4. The molecule has 9 heteroatoms. The molecule has 1 unspecified atom stereocenters.